The highest BCUT2D eigenvalue weighted by atomic mass is 79.9. The summed E-state index contributed by atoms with van der Waals surface area (Å²) in [5, 5.41) is 0. The molecule has 1 heterocycles. The van der Waals surface area contributed by atoms with E-state index in [1.807, 2.05) is 18.3 Å². The van der Waals surface area contributed by atoms with Crippen LogP contribution in [0.15, 0.2) is 22.8 Å². The minimum Gasteiger partial charge on any atom is -0.327 e. The van der Waals surface area contributed by atoms with E-state index in [-0.39, 0.29) is 6.04 Å². The average molecular weight is 243 g/mol. The Kier molecular flexibility index (Phi) is 3.88. The summed E-state index contributed by atoms with van der Waals surface area (Å²) in [6.45, 7) is 4.21. The van der Waals surface area contributed by atoms with Gasteiger partial charge >= 0.3 is 0 Å². The fraction of sp³-hybridized carbons (Fsp3) is 0.500. The molecule has 1 aromatic rings. The molecule has 0 aromatic carbocycles. The SMILES string of the molecule is CCC(N)C(C)c1ccc(Br)cn1. The zero-order chi connectivity index (χ0) is 9.84. The number of nitrogens with two attached hydrogens (primary N) is 1. The molecule has 13 heavy (non-hydrogen) atoms. The molecule has 2 unspecified atom stereocenters. The average Bonchev–Trinajstić information content (AvgIpc) is 2.17. The van der Waals surface area contributed by atoms with Gasteiger partial charge in [0.25, 0.3) is 0 Å². The van der Waals surface area contributed by atoms with Crippen molar-refractivity contribution in [2.75, 3.05) is 0 Å². The van der Waals surface area contributed by atoms with E-state index < -0.39 is 0 Å². The largest absolute Gasteiger partial charge is 0.327 e. The lowest BCUT2D eigenvalue weighted by Gasteiger charge is -2.17. The number of pyridine rings is 1. The van der Waals surface area contributed by atoms with Gasteiger partial charge in [-0.2, -0.15) is 0 Å². The Morgan fingerprint density at radius 2 is 2.23 bits per heavy atom. The van der Waals surface area contributed by atoms with Crippen LogP contribution in [0.4, 0.5) is 0 Å². The van der Waals surface area contributed by atoms with Crippen molar-refractivity contribution >= 4 is 15.9 Å². The summed E-state index contributed by atoms with van der Waals surface area (Å²) in [7, 11) is 0. The Balaban J connectivity index is 2.77. The molecule has 0 saturated carbocycles. The van der Waals surface area contributed by atoms with Crippen molar-refractivity contribution < 1.29 is 0 Å². The topological polar surface area (TPSA) is 38.9 Å². The third-order valence-corrected chi connectivity index (χ3v) is 2.80. The number of rotatable bonds is 3. The van der Waals surface area contributed by atoms with Gasteiger partial charge in [0.2, 0.25) is 0 Å². The van der Waals surface area contributed by atoms with Crippen LogP contribution in [0.5, 0.6) is 0 Å². The Morgan fingerprint density at radius 3 is 2.69 bits per heavy atom. The second kappa shape index (κ2) is 4.72. The summed E-state index contributed by atoms with van der Waals surface area (Å²) in [5.41, 5.74) is 7.00. The van der Waals surface area contributed by atoms with E-state index in [2.05, 4.69) is 34.8 Å². The quantitative estimate of drug-likeness (QED) is 0.886. The van der Waals surface area contributed by atoms with Gasteiger partial charge < -0.3 is 5.73 Å². The molecule has 0 saturated heterocycles. The smallest absolute Gasteiger partial charge is 0.0448 e. The lowest BCUT2D eigenvalue weighted by Crippen LogP contribution is -2.26. The second-order valence-electron chi connectivity index (χ2n) is 3.26. The van der Waals surface area contributed by atoms with E-state index in [1.165, 1.54) is 0 Å². The van der Waals surface area contributed by atoms with Crippen molar-refractivity contribution in [3.8, 4) is 0 Å². The molecule has 2 atom stereocenters. The van der Waals surface area contributed by atoms with E-state index in [1.54, 1.807) is 0 Å². The first-order valence-electron chi connectivity index (χ1n) is 4.52. The molecule has 3 heteroatoms. The van der Waals surface area contributed by atoms with Crippen LogP contribution >= 0.6 is 15.9 Å². The van der Waals surface area contributed by atoms with Crippen molar-refractivity contribution in [2.45, 2.75) is 32.2 Å². The summed E-state index contributed by atoms with van der Waals surface area (Å²) in [4.78, 5) is 4.32. The fourth-order valence-electron chi connectivity index (χ4n) is 1.23. The second-order valence-corrected chi connectivity index (χ2v) is 4.18. The number of aromatic nitrogens is 1. The van der Waals surface area contributed by atoms with E-state index in [4.69, 9.17) is 5.73 Å². The molecule has 0 aliphatic rings. The molecule has 1 aromatic heterocycles. The van der Waals surface area contributed by atoms with Crippen molar-refractivity contribution in [1.29, 1.82) is 0 Å². The van der Waals surface area contributed by atoms with Crippen molar-refractivity contribution in [3.63, 3.8) is 0 Å². The zero-order valence-electron chi connectivity index (χ0n) is 8.00. The molecule has 0 aliphatic carbocycles. The van der Waals surface area contributed by atoms with Gasteiger partial charge in [0.05, 0.1) is 0 Å². The first kappa shape index (κ1) is 10.7. The number of nitrogens with zero attached hydrogens (tertiary/aromatic N) is 1. The lowest BCUT2D eigenvalue weighted by atomic mass is 9.97. The molecule has 2 N–H and O–H groups in total. The highest BCUT2D eigenvalue weighted by Gasteiger charge is 2.13. The molecular weight excluding hydrogens is 228 g/mol. The van der Waals surface area contributed by atoms with Crippen LogP contribution in [0.3, 0.4) is 0 Å². The number of halogens is 1. The maximum atomic E-state index is 5.93. The maximum Gasteiger partial charge on any atom is 0.0448 e. The van der Waals surface area contributed by atoms with Crippen molar-refractivity contribution in [1.82, 2.24) is 4.98 Å². The van der Waals surface area contributed by atoms with Gasteiger partial charge in [0, 0.05) is 28.3 Å². The molecular formula is C10H15BrN2. The molecule has 72 valence electrons. The first-order valence-corrected chi connectivity index (χ1v) is 5.31. The van der Waals surface area contributed by atoms with Gasteiger partial charge in [-0.1, -0.05) is 13.8 Å². The molecule has 0 aliphatic heterocycles. The first-order chi connectivity index (χ1) is 6.15. The Labute approximate surface area is 87.7 Å². The Morgan fingerprint density at radius 1 is 1.54 bits per heavy atom. The van der Waals surface area contributed by atoms with Crippen molar-refractivity contribution in [3.05, 3.63) is 28.5 Å². The van der Waals surface area contributed by atoms with Crippen LogP contribution in [0, 0.1) is 0 Å². The highest BCUT2D eigenvalue weighted by Crippen LogP contribution is 2.18. The highest BCUT2D eigenvalue weighted by molar-refractivity contribution is 9.10. The normalized spacial score (nSPS) is 15.4. The maximum absolute atomic E-state index is 5.93. The van der Waals surface area contributed by atoms with Gasteiger partial charge in [-0.25, -0.2) is 0 Å². The predicted octanol–water partition coefficient (Wildman–Crippen LogP) is 2.68. The van der Waals surface area contributed by atoms with Crippen LogP contribution < -0.4 is 5.73 Å². The minimum absolute atomic E-state index is 0.202. The van der Waals surface area contributed by atoms with E-state index in [0.29, 0.717) is 5.92 Å². The van der Waals surface area contributed by atoms with Crippen LogP contribution in [-0.4, -0.2) is 11.0 Å². The van der Waals surface area contributed by atoms with E-state index >= 15 is 0 Å². The van der Waals surface area contributed by atoms with Crippen LogP contribution in [-0.2, 0) is 0 Å². The summed E-state index contributed by atoms with van der Waals surface area (Å²) in [6.07, 6.45) is 2.80. The number of hydrogen-bond donors (Lipinski definition) is 1. The monoisotopic (exact) mass is 242 g/mol. The van der Waals surface area contributed by atoms with E-state index in [0.717, 1.165) is 16.6 Å². The van der Waals surface area contributed by atoms with Gasteiger partial charge in [-0.15, -0.1) is 0 Å². The van der Waals surface area contributed by atoms with Crippen molar-refractivity contribution in [2.24, 2.45) is 5.73 Å². The lowest BCUT2D eigenvalue weighted by molar-refractivity contribution is 0.541. The zero-order valence-corrected chi connectivity index (χ0v) is 9.58. The fourth-order valence-corrected chi connectivity index (χ4v) is 1.46. The summed E-state index contributed by atoms with van der Waals surface area (Å²) in [5.74, 6) is 0.332. The number of hydrogen-bond acceptors (Lipinski definition) is 2. The minimum atomic E-state index is 0.202. The van der Waals surface area contributed by atoms with Crippen LogP contribution in [0.2, 0.25) is 0 Å². The molecule has 0 bridgehead atoms. The summed E-state index contributed by atoms with van der Waals surface area (Å²) in [6, 6.07) is 4.22. The standard InChI is InChI=1S/C10H15BrN2/c1-3-9(12)7(2)10-5-4-8(11)6-13-10/h4-7,9H,3,12H2,1-2H3. The molecule has 0 spiro atoms. The molecule has 0 radical (unpaired) electrons. The van der Waals surface area contributed by atoms with Gasteiger partial charge in [0.15, 0.2) is 0 Å². The summed E-state index contributed by atoms with van der Waals surface area (Å²) < 4.78 is 1.01. The molecule has 0 amide bonds. The molecule has 0 fully saturated rings. The third kappa shape index (κ3) is 2.78. The molecule has 2 nitrogen and oxygen atoms in total. The van der Waals surface area contributed by atoms with Gasteiger partial charge in [-0.05, 0) is 34.5 Å². The van der Waals surface area contributed by atoms with Crippen LogP contribution in [0.1, 0.15) is 31.9 Å². The van der Waals surface area contributed by atoms with Gasteiger partial charge in [-0.3, -0.25) is 4.98 Å². The Hall–Kier alpha value is -0.410. The third-order valence-electron chi connectivity index (χ3n) is 2.33. The molecule has 1 rings (SSSR count). The predicted molar refractivity (Wildman–Crippen MR) is 58.6 cm³/mol. The Bertz CT molecular complexity index is 258. The van der Waals surface area contributed by atoms with E-state index in [9.17, 15) is 0 Å². The van der Waals surface area contributed by atoms with Gasteiger partial charge in [0.1, 0.15) is 0 Å². The van der Waals surface area contributed by atoms with Crippen LogP contribution in [0.25, 0.3) is 0 Å². The summed E-state index contributed by atoms with van der Waals surface area (Å²) >= 11 is 3.35.